The van der Waals surface area contributed by atoms with E-state index in [2.05, 4.69) is 5.10 Å². The number of nitrogens with zero attached hydrogens (tertiary/aromatic N) is 3. The van der Waals surface area contributed by atoms with Crippen molar-refractivity contribution < 1.29 is 21.6 Å². The van der Waals surface area contributed by atoms with Crippen LogP contribution in [0.15, 0.2) is 17.3 Å². The van der Waals surface area contributed by atoms with Crippen molar-refractivity contribution in [2.45, 2.75) is 43.2 Å². The van der Waals surface area contributed by atoms with Gasteiger partial charge in [-0.2, -0.15) is 9.40 Å². The third-order valence-electron chi connectivity index (χ3n) is 4.52. The SMILES string of the molecule is CCCN([C@@H]1CCS(=O)(=O)C1)S(=O)(=O)c1cnn([C@@H]2CCOC2)c1. The molecule has 10 heteroatoms. The van der Waals surface area contributed by atoms with Crippen LogP contribution in [0.4, 0.5) is 0 Å². The zero-order valence-electron chi connectivity index (χ0n) is 13.7. The summed E-state index contributed by atoms with van der Waals surface area (Å²) >= 11 is 0. The number of hydrogen-bond donors (Lipinski definition) is 0. The standard InChI is InChI=1S/C14H23N3O5S2/c1-2-5-17(13-4-7-23(18,19)11-13)24(20,21)14-8-15-16(9-14)12-3-6-22-10-12/h8-9,12-13H,2-7,10-11H2,1H3/t12-,13-/m1/s1. The molecule has 0 radical (unpaired) electrons. The van der Waals surface area contributed by atoms with Crippen LogP contribution in [0.25, 0.3) is 0 Å². The number of hydrogen-bond acceptors (Lipinski definition) is 6. The lowest BCUT2D eigenvalue weighted by Crippen LogP contribution is -2.41. The molecule has 1 aromatic rings. The van der Waals surface area contributed by atoms with Gasteiger partial charge in [0.05, 0.1) is 30.4 Å². The highest BCUT2D eigenvalue weighted by molar-refractivity contribution is 7.92. The smallest absolute Gasteiger partial charge is 0.246 e. The molecule has 2 saturated heterocycles. The molecule has 2 atom stereocenters. The van der Waals surface area contributed by atoms with E-state index in [0.29, 0.717) is 32.6 Å². The van der Waals surface area contributed by atoms with Crippen LogP contribution in [0.5, 0.6) is 0 Å². The van der Waals surface area contributed by atoms with Gasteiger partial charge in [-0.3, -0.25) is 4.68 Å². The van der Waals surface area contributed by atoms with Crippen LogP contribution >= 0.6 is 0 Å². The number of rotatable bonds is 6. The number of sulfonamides is 1. The first-order valence-electron chi connectivity index (χ1n) is 8.17. The summed E-state index contributed by atoms with van der Waals surface area (Å²) in [4.78, 5) is 0.118. The average Bonchev–Trinajstić information content (AvgIpc) is 3.24. The quantitative estimate of drug-likeness (QED) is 0.713. The number of ether oxygens (including phenoxy) is 1. The van der Waals surface area contributed by atoms with Crippen molar-refractivity contribution in [2.75, 3.05) is 31.3 Å². The van der Waals surface area contributed by atoms with Gasteiger partial charge in [0, 0.05) is 25.4 Å². The average molecular weight is 377 g/mol. The summed E-state index contributed by atoms with van der Waals surface area (Å²) in [7, 11) is -6.91. The molecule has 2 aliphatic rings. The fourth-order valence-electron chi connectivity index (χ4n) is 3.24. The van der Waals surface area contributed by atoms with E-state index in [1.165, 1.54) is 16.7 Å². The Labute approximate surface area is 142 Å². The molecular weight excluding hydrogens is 354 g/mol. The maximum atomic E-state index is 13.0. The molecule has 8 nitrogen and oxygen atoms in total. The monoisotopic (exact) mass is 377 g/mol. The van der Waals surface area contributed by atoms with Gasteiger partial charge in [0.1, 0.15) is 4.90 Å². The molecule has 0 unspecified atom stereocenters. The molecule has 0 amide bonds. The lowest BCUT2D eigenvalue weighted by Gasteiger charge is -2.26. The van der Waals surface area contributed by atoms with Gasteiger partial charge in [-0.1, -0.05) is 6.92 Å². The Kier molecular flexibility index (Phi) is 5.01. The summed E-state index contributed by atoms with van der Waals surface area (Å²) in [6.07, 6.45) is 4.66. The molecule has 0 bridgehead atoms. The van der Waals surface area contributed by atoms with Crippen molar-refractivity contribution in [3.63, 3.8) is 0 Å². The zero-order chi connectivity index (χ0) is 17.4. The van der Waals surface area contributed by atoms with Gasteiger partial charge in [-0.05, 0) is 19.3 Å². The fraction of sp³-hybridized carbons (Fsp3) is 0.786. The lowest BCUT2D eigenvalue weighted by atomic mass is 10.2. The predicted molar refractivity (Wildman–Crippen MR) is 87.9 cm³/mol. The van der Waals surface area contributed by atoms with E-state index in [-0.39, 0.29) is 22.4 Å². The highest BCUT2D eigenvalue weighted by Gasteiger charge is 2.39. The van der Waals surface area contributed by atoms with Gasteiger partial charge < -0.3 is 4.74 Å². The van der Waals surface area contributed by atoms with E-state index in [9.17, 15) is 16.8 Å². The molecule has 3 heterocycles. The van der Waals surface area contributed by atoms with E-state index in [4.69, 9.17) is 4.74 Å². The second-order valence-electron chi connectivity index (χ2n) is 6.35. The first kappa shape index (κ1) is 17.8. The molecule has 2 aliphatic heterocycles. The molecule has 3 rings (SSSR count). The van der Waals surface area contributed by atoms with E-state index in [1.54, 1.807) is 4.68 Å². The first-order chi connectivity index (χ1) is 11.3. The van der Waals surface area contributed by atoms with Gasteiger partial charge in [0.25, 0.3) is 0 Å². The highest BCUT2D eigenvalue weighted by Crippen LogP contribution is 2.26. The summed E-state index contributed by atoms with van der Waals surface area (Å²) in [6, 6.07) is -0.432. The summed E-state index contributed by atoms with van der Waals surface area (Å²) in [6.45, 7) is 3.36. The molecule has 24 heavy (non-hydrogen) atoms. The molecule has 0 spiro atoms. The second kappa shape index (κ2) is 6.74. The molecule has 136 valence electrons. The Hall–Kier alpha value is -0.970. The van der Waals surface area contributed by atoms with Gasteiger partial charge >= 0.3 is 0 Å². The van der Waals surface area contributed by atoms with Gasteiger partial charge in [-0.25, -0.2) is 16.8 Å². The first-order valence-corrected chi connectivity index (χ1v) is 11.4. The second-order valence-corrected chi connectivity index (χ2v) is 10.5. The minimum Gasteiger partial charge on any atom is -0.379 e. The third-order valence-corrected chi connectivity index (χ3v) is 8.18. The van der Waals surface area contributed by atoms with E-state index < -0.39 is 25.9 Å². The number of sulfone groups is 1. The topological polar surface area (TPSA) is 98.6 Å². The van der Waals surface area contributed by atoms with E-state index in [1.807, 2.05) is 6.92 Å². The third kappa shape index (κ3) is 3.51. The molecule has 0 aromatic carbocycles. The maximum Gasteiger partial charge on any atom is 0.246 e. The largest absolute Gasteiger partial charge is 0.379 e. The summed E-state index contributed by atoms with van der Waals surface area (Å²) < 4.78 is 57.7. The molecule has 0 saturated carbocycles. The van der Waals surface area contributed by atoms with Crippen LogP contribution in [0.1, 0.15) is 32.2 Å². The summed E-state index contributed by atoms with van der Waals surface area (Å²) in [5.74, 6) is -0.0527. The fourth-order valence-corrected chi connectivity index (χ4v) is 6.75. The summed E-state index contributed by atoms with van der Waals surface area (Å²) in [5, 5.41) is 4.17. The van der Waals surface area contributed by atoms with Crippen molar-refractivity contribution >= 4 is 19.9 Å². The van der Waals surface area contributed by atoms with Crippen LogP contribution in [0.2, 0.25) is 0 Å². The van der Waals surface area contributed by atoms with Crippen molar-refractivity contribution in [2.24, 2.45) is 0 Å². The molecule has 0 aliphatic carbocycles. The van der Waals surface area contributed by atoms with Gasteiger partial charge in [0.2, 0.25) is 10.0 Å². The lowest BCUT2D eigenvalue weighted by molar-refractivity contribution is 0.184. The molecule has 0 N–H and O–H groups in total. The molecule has 1 aromatic heterocycles. The van der Waals surface area contributed by atoms with Crippen molar-refractivity contribution in [3.8, 4) is 0 Å². The van der Waals surface area contributed by atoms with Gasteiger partial charge in [-0.15, -0.1) is 0 Å². The van der Waals surface area contributed by atoms with E-state index >= 15 is 0 Å². The number of aromatic nitrogens is 2. The molecular formula is C14H23N3O5S2. The highest BCUT2D eigenvalue weighted by atomic mass is 32.2. The van der Waals surface area contributed by atoms with Crippen LogP contribution in [-0.2, 0) is 24.6 Å². The summed E-state index contributed by atoms with van der Waals surface area (Å²) in [5.41, 5.74) is 0. The van der Waals surface area contributed by atoms with Crippen LogP contribution < -0.4 is 0 Å². The Balaban J connectivity index is 1.86. The van der Waals surface area contributed by atoms with Crippen LogP contribution in [-0.4, -0.2) is 68.2 Å². The normalized spacial score (nSPS) is 27.1. The van der Waals surface area contributed by atoms with Crippen molar-refractivity contribution in [1.82, 2.24) is 14.1 Å². The van der Waals surface area contributed by atoms with Gasteiger partial charge in [0.15, 0.2) is 9.84 Å². The molecule has 2 fully saturated rings. The minimum atomic E-state index is -3.76. The van der Waals surface area contributed by atoms with Crippen LogP contribution in [0.3, 0.4) is 0 Å². The van der Waals surface area contributed by atoms with Crippen molar-refractivity contribution in [3.05, 3.63) is 12.4 Å². The Bertz CT molecular complexity index is 781. The van der Waals surface area contributed by atoms with E-state index in [0.717, 1.165) is 6.42 Å². The maximum absolute atomic E-state index is 13.0. The van der Waals surface area contributed by atoms with Crippen molar-refractivity contribution in [1.29, 1.82) is 0 Å². The Morgan fingerprint density at radius 3 is 2.79 bits per heavy atom. The Morgan fingerprint density at radius 1 is 1.42 bits per heavy atom. The predicted octanol–water partition coefficient (Wildman–Crippen LogP) is 0.432. The van der Waals surface area contributed by atoms with Crippen LogP contribution in [0, 0.1) is 0 Å². The minimum absolute atomic E-state index is 0.0477. The zero-order valence-corrected chi connectivity index (χ0v) is 15.3. The Morgan fingerprint density at radius 2 is 2.21 bits per heavy atom.